The molecule has 0 unspecified atom stereocenters. The first-order valence-corrected chi connectivity index (χ1v) is 9.34. The predicted octanol–water partition coefficient (Wildman–Crippen LogP) is 3.67. The summed E-state index contributed by atoms with van der Waals surface area (Å²) in [7, 11) is 0. The molecule has 0 bridgehead atoms. The molecule has 132 valence electrons. The molecule has 0 radical (unpaired) electrons. The van der Waals surface area contributed by atoms with Gasteiger partial charge >= 0.3 is 5.97 Å². The Hall–Kier alpha value is -2.73. The lowest BCUT2D eigenvalue weighted by Crippen LogP contribution is -2.31. The van der Waals surface area contributed by atoms with E-state index in [0.717, 1.165) is 0 Å². The zero-order valence-corrected chi connectivity index (χ0v) is 14.9. The number of thiophene rings is 1. The quantitative estimate of drug-likeness (QED) is 0.359. The fraction of sp³-hybridized carbons (Fsp3) is 0.250. The summed E-state index contributed by atoms with van der Waals surface area (Å²) < 4.78 is 5.31. The van der Waals surface area contributed by atoms with Gasteiger partial charge in [0.1, 0.15) is 10.6 Å². The van der Waals surface area contributed by atoms with E-state index >= 15 is 0 Å². The number of ether oxygens (including phenoxy) is 1. The zero-order chi connectivity index (χ0) is 18.3. The molecular weight excluding hydrogens is 350 g/mol. The number of rotatable bonds is 3. The maximum absolute atomic E-state index is 12.8. The van der Waals surface area contributed by atoms with Gasteiger partial charge in [-0.05, 0) is 48.1 Å². The third kappa shape index (κ3) is 2.76. The van der Waals surface area contributed by atoms with Gasteiger partial charge in [0.15, 0.2) is 0 Å². The standard InChI is InChI=1S/C20H17NO4S/c1-12-4-2-5-15-17(12)19(23)21(18(15)22)13-7-9-14(10-8-13)25-20(24)16-6-3-11-26-16/h2-4,6-12,15,17H,5H2,1H3/t12-,15-,17-/m1/s1. The molecule has 1 aromatic carbocycles. The first kappa shape index (κ1) is 16.7. The minimum absolute atomic E-state index is 0.0567. The van der Waals surface area contributed by atoms with Gasteiger partial charge in [0.05, 0.1) is 17.5 Å². The van der Waals surface area contributed by atoms with Gasteiger partial charge in [-0.2, -0.15) is 0 Å². The average molecular weight is 367 g/mol. The molecule has 0 saturated carbocycles. The van der Waals surface area contributed by atoms with E-state index in [1.54, 1.807) is 41.8 Å². The molecule has 2 aromatic rings. The lowest BCUT2D eigenvalue weighted by atomic mass is 9.78. The molecule has 3 atom stereocenters. The van der Waals surface area contributed by atoms with Crippen molar-refractivity contribution in [2.24, 2.45) is 17.8 Å². The molecule has 2 amide bonds. The van der Waals surface area contributed by atoms with Crippen molar-refractivity contribution in [1.82, 2.24) is 0 Å². The summed E-state index contributed by atoms with van der Waals surface area (Å²) in [5, 5.41) is 1.81. The van der Waals surface area contributed by atoms with Crippen LogP contribution in [0, 0.1) is 17.8 Å². The normalized spacial score (nSPS) is 24.7. The molecule has 4 rings (SSSR count). The van der Waals surface area contributed by atoms with E-state index in [-0.39, 0.29) is 29.6 Å². The second-order valence-corrected chi connectivity index (χ2v) is 7.48. The smallest absolute Gasteiger partial charge is 0.353 e. The number of esters is 1. The van der Waals surface area contributed by atoms with Crippen molar-refractivity contribution >= 4 is 34.8 Å². The van der Waals surface area contributed by atoms with Gasteiger partial charge in [-0.15, -0.1) is 11.3 Å². The van der Waals surface area contributed by atoms with Gasteiger partial charge < -0.3 is 4.74 Å². The van der Waals surface area contributed by atoms with E-state index in [1.165, 1.54) is 16.2 Å². The molecule has 1 aromatic heterocycles. The lowest BCUT2D eigenvalue weighted by molar-refractivity contribution is -0.122. The summed E-state index contributed by atoms with van der Waals surface area (Å²) in [5.74, 6) is -0.866. The summed E-state index contributed by atoms with van der Waals surface area (Å²) in [6.07, 6.45) is 4.59. The summed E-state index contributed by atoms with van der Waals surface area (Å²) in [5.41, 5.74) is 0.512. The van der Waals surface area contributed by atoms with Crippen LogP contribution < -0.4 is 9.64 Å². The minimum atomic E-state index is -0.424. The molecule has 1 saturated heterocycles. The molecule has 1 aliphatic heterocycles. The second-order valence-electron chi connectivity index (χ2n) is 6.53. The fourth-order valence-electron chi connectivity index (χ4n) is 3.62. The van der Waals surface area contributed by atoms with Gasteiger partial charge in [0.25, 0.3) is 0 Å². The molecule has 0 spiro atoms. The van der Waals surface area contributed by atoms with Crippen LogP contribution in [-0.4, -0.2) is 17.8 Å². The Morgan fingerprint density at radius 2 is 1.92 bits per heavy atom. The molecule has 2 aliphatic rings. The Balaban J connectivity index is 1.53. The molecule has 26 heavy (non-hydrogen) atoms. The summed E-state index contributed by atoms with van der Waals surface area (Å²) >= 11 is 1.31. The van der Waals surface area contributed by atoms with Gasteiger partial charge in [-0.1, -0.05) is 25.1 Å². The number of benzene rings is 1. The molecule has 0 N–H and O–H groups in total. The van der Waals surface area contributed by atoms with Gasteiger partial charge in [-0.3, -0.25) is 14.5 Å². The molecule has 2 heterocycles. The number of hydrogen-bond acceptors (Lipinski definition) is 5. The van der Waals surface area contributed by atoms with E-state index in [2.05, 4.69) is 0 Å². The Morgan fingerprint density at radius 3 is 2.58 bits per heavy atom. The van der Waals surface area contributed by atoms with E-state index in [1.807, 2.05) is 19.1 Å². The number of nitrogens with zero attached hydrogens (tertiary/aromatic N) is 1. The Bertz CT molecular complexity index is 885. The summed E-state index contributed by atoms with van der Waals surface area (Å²) in [4.78, 5) is 39.2. The molecule has 6 heteroatoms. The largest absolute Gasteiger partial charge is 0.422 e. The zero-order valence-electron chi connectivity index (χ0n) is 14.1. The van der Waals surface area contributed by atoms with Gasteiger partial charge in [0, 0.05) is 0 Å². The second kappa shape index (κ2) is 6.53. The number of allylic oxidation sites excluding steroid dienone is 2. The van der Waals surface area contributed by atoms with Crippen LogP contribution in [0.25, 0.3) is 0 Å². The lowest BCUT2D eigenvalue weighted by Gasteiger charge is -2.22. The van der Waals surface area contributed by atoms with E-state index < -0.39 is 5.97 Å². The molecule has 1 aliphatic carbocycles. The Labute approximate surface area is 154 Å². The summed E-state index contributed by atoms with van der Waals surface area (Å²) in [6.45, 7) is 1.97. The van der Waals surface area contributed by atoms with Crippen molar-refractivity contribution in [2.75, 3.05) is 4.90 Å². The van der Waals surface area contributed by atoms with E-state index in [0.29, 0.717) is 22.7 Å². The van der Waals surface area contributed by atoms with Crippen LogP contribution in [0.15, 0.2) is 53.9 Å². The first-order valence-electron chi connectivity index (χ1n) is 8.46. The maximum atomic E-state index is 12.8. The molecular formula is C20H17NO4S. The monoisotopic (exact) mass is 367 g/mol. The van der Waals surface area contributed by atoms with Crippen molar-refractivity contribution < 1.29 is 19.1 Å². The summed E-state index contributed by atoms with van der Waals surface area (Å²) in [6, 6.07) is 9.96. The number of imide groups is 1. The van der Waals surface area contributed by atoms with Crippen LogP contribution in [0.1, 0.15) is 23.0 Å². The fourth-order valence-corrected chi connectivity index (χ4v) is 4.22. The average Bonchev–Trinajstić information content (AvgIpc) is 3.25. The number of amides is 2. The van der Waals surface area contributed by atoms with Crippen molar-refractivity contribution in [2.45, 2.75) is 13.3 Å². The molecule has 5 nitrogen and oxygen atoms in total. The number of carbonyl (C=O) groups excluding carboxylic acids is 3. The van der Waals surface area contributed by atoms with Crippen molar-refractivity contribution in [1.29, 1.82) is 0 Å². The van der Waals surface area contributed by atoms with E-state index in [9.17, 15) is 14.4 Å². The first-order chi connectivity index (χ1) is 12.6. The maximum Gasteiger partial charge on any atom is 0.353 e. The number of fused-ring (bicyclic) bond motifs is 1. The van der Waals surface area contributed by atoms with Crippen LogP contribution in [0.3, 0.4) is 0 Å². The van der Waals surface area contributed by atoms with Crippen LogP contribution >= 0.6 is 11.3 Å². The Kier molecular flexibility index (Phi) is 4.20. The highest BCUT2D eigenvalue weighted by Crippen LogP contribution is 2.40. The number of hydrogen-bond donors (Lipinski definition) is 0. The van der Waals surface area contributed by atoms with E-state index in [4.69, 9.17) is 4.74 Å². The third-order valence-electron chi connectivity index (χ3n) is 4.90. The highest BCUT2D eigenvalue weighted by molar-refractivity contribution is 7.12. The predicted molar refractivity (Wildman–Crippen MR) is 98.1 cm³/mol. The Morgan fingerprint density at radius 1 is 1.15 bits per heavy atom. The van der Waals surface area contributed by atoms with Crippen LogP contribution in [-0.2, 0) is 9.59 Å². The van der Waals surface area contributed by atoms with Crippen molar-refractivity contribution in [3.05, 3.63) is 58.8 Å². The molecule has 1 fully saturated rings. The highest BCUT2D eigenvalue weighted by Gasteiger charge is 2.50. The van der Waals surface area contributed by atoms with Crippen molar-refractivity contribution in [3.63, 3.8) is 0 Å². The van der Waals surface area contributed by atoms with Crippen LogP contribution in [0.5, 0.6) is 5.75 Å². The minimum Gasteiger partial charge on any atom is -0.422 e. The number of anilines is 1. The van der Waals surface area contributed by atoms with Gasteiger partial charge in [0.2, 0.25) is 11.8 Å². The topological polar surface area (TPSA) is 63.7 Å². The highest BCUT2D eigenvalue weighted by atomic mass is 32.1. The SMILES string of the molecule is C[C@@H]1C=CC[C@H]2C(=O)N(c3ccc(OC(=O)c4cccs4)cc3)C(=O)[C@H]12. The number of carbonyl (C=O) groups is 3. The third-order valence-corrected chi connectivity index (χ3v) is 5.75. The van der Waals surface area contributed by atoms with Gasteiger partial charge in [-0.25, -0.2) is 4.79 Å². The van der Waals surface area contributed by atoms with Crippen molar-refractivity contribution in [3.8, 4) is 5.75 Å². The van der Waals surface area contributed by atoms with Crippen LogP contribution in [0.4, 0.5) is 5.69 Å². The van der Waals surface area contributed by atoms with Crippen LogP contribution in [0.2, 0.25) is 0 Å².